The first kappa shape index (κ1) is 19.3. The van der Waals surface area contributed by atoms with Crippen molar-refractivity contribution in [1.82, 2.24) is 19.7 Å². The lowest BCUT2D eigenvalue weighted by atomic mass is 10.0. The molecule has 2 fully saturated rings. The van der Waals surface area contributed by atoms with Crippen LogP contribution in [-0.4, -0.2) is 50.1 Å². The molecule has 3 atom stereocenters. The normalized spacial score (nSPS) is 24.3. The number of hydrogen-bond acceptors (Lipinski definition) is 8. The van der Waals surface area contributed by atoms with E-state index in [9.17, 15) is 15.2 Å². The highest BCUT2D eigenvalue weighted by atomic mass is 16.3. The topological polar surface area (TPSA) is 120 Å². The van der Waals surface area contributed by atoms with Crippen molar-refractivity contribution in [2.75, 3.05) is 23.3 Å². The van der Waals surface area contributed by atoms with Crippen LogP contribution in [-0.2, 0) is 0 Å². The van der Waals surface area contributed by atoms with Crippen molar-refractivity contribution >= 4 is 11.6 Å². The highest BCUT2D eigenvalue weighted by molar-refractivity contribution is 5.47. The SMILES string of the molecule is N#Cc1nccnc1NCC1CCCCN1c1ccc(=O)n(C2CCCC2O)n1. The van der Waals surface area contributed by atoms with Crippen LogP contribution in [0.5, 0.6) is 0 Å². The van der Waals surface area contributed by atoms with E-state index in [0.29, 0.717) is 18.8 Å². The molecular formula is C20H25N7O2. The lowest BCUT2D eigenvalue weighted by Gasteiger charge is -2.37. The quantitative estimate of drug-likeness (QED) is 0.781. The number of aromatic nitrogens is 4. The lowest BCUT2D eigenvalue weighted by Crippen LogP contribution is -2.45. The molecular weight excluding hydrogens is 370 g/mol. The predicted octanol–water partition coefficient (Wildman–Crippen LogP) is 1.46. The molecule has 9 nitrogen and oxygen atoms in total. The van der Waals surface area contributed by atoms with Crippen LogP contribution in [0.3, 0.4) is 0 Å². The van der Waals surface area contributed by atoms with Crippen molar-refractivity contribution in [2.45, 2.75) is 56.7 Å². The summed E-state index contributed by atoms with van der Waals surface area (Å²) < 4.78 is 1.46. The first-order chi connectivity index (χ1) is 14.2. The molecule has 1 saturated carbocycles. The Morgan fingerprint density at radius 2 is 2.03 bits per heavy atom. The number of hydrogen-bond donors (Lipinski definition) is 2. The second kappa shape index (κ2) is 8.57. The van der Waals surface area contributed by atoms with Gasteiger partial charge >= 0.3 is 0 Å². The van der Waals surface area contributed by atoms with Crippen LogP contribution in [0.15, 0.2) is 29.3 Å². The van der Waals surface area contributed by atoms with Crippen molar-refractivity contribution in [3.05, 3.63) is 40.6 Å². The van der Waals surface area contributed by atoms with Gasteiger partial charge in [-0.1, -0.05) is 0 Å². The molecule has 2 aromatic rings. The van der Waals surface area contributed by atoms with Gasteiger partial charge in [-0.15, -0.1) is 0 Å². The minimum atomic E-state index is -0.518. The van der Waals surface area contributed by atoms with E-state index in [1.165, 1.54) is 10.9 Å². The molecule has 1 aliphatic carbocycles. The molecule has 0 aromatic carbocycles. The third kappa shape index (κ3) is 4.07. The molecule has 1 aliphatic heterocycles. The number of nitrogens with one attached hydrogen (secondary N) is 1. The van der Waals surface area contributed by atoms with E-state index in [1.54, 1.807) is 18.3 Å². The van der Waals surface area contributed by atoms with Crippen molar-refractivity contribution < 1.29 is 5.11 Å². The van der Waals surface area contributed by atoms with Gasteiger partial charge < -0.3 is 15.3 Å². The number of aliphatic hydroxyl groups is 1. The monoisotopic (exact) mass is 395 g/mol. The van der Waals surface area contributed by atoms with Crippen LogP contribution in [0.4, 0.5) is 11.6 Å². The summed E-state index contributed by atoms with van der Waals surface area (Å²) in [7, 11) is 0. The molecule has 2 aromatic heterocycles. The highest BCUT2D eigenvalue weighted by Crippen LogP contribution is 2.29. The van der Waals surface area contributed by atoms with Crippen LogP contribution in [0.1, 0.15) is 50.3 Å². The van der Waals surface area contributed by atoms with Crippen LogP contribution < -0.4 is 15.8 Å². The number of anilines is 2. The van der Waals surface area contributed by atoms with Crippen molar-refractivity contribution in [3.63, 3.8) is 0 Å². The standard InChI is InChI=1S/C20H25N7O2/c21-12-15-20(23-10-9-22-15)24-13-14-4-1-2-11-26(14)18-7-8-19(29)27(25-18)16-5-3-6-17(16)28/h7-10,14,16-17,28H,1-6,11,13H2,(H,23,24). The van der Waals surface area contributed by atoms with Gasteiger partial charge in [-0.25, -0.2) is 14.6 Å². The van der Waals surface area contributed by atoms with Gasteiger partial charge in [0.15, 0.2) is 11.5 Å². The lowest BCUT2D eigenvalue weighted by molar-refractivity contribution is 0.127. The van der Waals surface area contributed by atoms with E-state index in [4.69, 9.17) is 0 Å². The number of nitriles is 1. The Labute approximate surface area is 169 Å². The second-order valence-corrected chi connectivity index (χ2v) is 7.63. The number of rotatable bonds is 5. The van der Waals surface area contributed by atoms with E-state index in [2.05, 4.69) is 31.4 Å². The van der Waals surface area contributed by atoms with Gasteiger partial charge in [-0.3, -0.25) is 4.79 Å². The first-order valence-electron chi connectivity index (χ1n) is 10.2. The van der Waals surface area contributed by atoms with E-state index in [-0.39, 0.29) is 23.3 Å². The summed E-state index contributed by atoms with van der Waals surface area (Å²) in [6.45, 7) is 1.44. The molecule has 0 radical (unpaired) electrons. The fraction of sp³-hybridized carbons (Fsp3) is 0.550. The molecule has 0 bridgehead atoms. The Kier molecular flexibility index (Phi) is 5.71. The maximum atomic E-state index is 12.4. The molecule has 152 valence electrons. The Morgan fingerprint density at radius 1 is 1.17 bits per heavy atom. The third-order valence-corrected chi connectivity index (χ3v) is 5.80. The molecule has 1 saturated heterocycles. The highest BCUT2D eigenvalue weighted by Gasteiger charge is 2.30. The van der Waals surface area contributed by atoms with Crippen molar-refractivity contribution in [1.29, 1.82) is 5.26 Å². The Bertz CT molecular complexity index is 954. The van der Waals surface area contributed by atoms with E-state index >= 15 is 0 Å². The first-order valence-corrected chi connectivity index (χ1v) is 10.2. The average molecular weight is 395 g/mol. The molecule has 9 heteroatoms. The van der Waals surface area contributed by atoms with Crippen molar-refractivity contribution in [2.24, 2.45) is 0 Å². The Morgan fingerprint density at radius 3 is 2.83 bits per heavy atom. The fourth-order valence-corrected chi connectivity index (χ4v) is 4.29. The fourth-order valence-electron chi connectivity index (χ4n) is 4.29. The van der Waals surface area contributed by atoms with Gasteiger partial charge in [0, 0.05) is 37.6 Å². The van der Waals surface area contributed by atoms with E-state index < -0.39 is 6.10 Å². The van der Waals surface area contributed by atoms with Gasteiger partial charge in [0.05, 0.1) is 12.1 Å². The summed E-state index contributed by atoms with van der Waals surface area (Å²) in [5.41, 5.74) is 0.0985. The Hall–Kier alpha value is -2.99. The maximum absolute atomic E-state index is 12.4. The zero-order chi connectivity index (χ0) is 20.2. The zero-order valence-electron chi connectivity index (χ0n) is 16.2. The molecule has 3 unspecified atom stereocenters. The van der Waals surface area contributed by atoms with Crippen LogP contribution in [0, 0.1) is 11.3 Å². The van der Waals surface area contributed by atoms with Crippen LogP contribution in [0.25, 0.3) is 0 Å². The molecule has 3 heterocycles. The molecule has 0 spiro atoms. The second-order valence-electron chi connectivity index (χ2n) is 7.63. The predicted molar refractivity (Wildman–Crippen MR) is 108 cm³/mol. The molecule has 29 heavy (non-hydrogen) atoms. The summed E-state index contributed by atoms with van der Waals surface area (Å²) >= 11 is 0. The van der Waals surface area contributed by atoms with E-state index in [0.717, 1.165) is 44.5 Å². The molecule has 4 rings (SSSR count). The zero-order valence-corrected chi connectivity index (χ0v) is 16.2. The summed E-state index contributed by atoms with van der Waals surface area (Å²) in [6, 6.07) is 5.27. The van der Waals surface area contributed by atoms with Gasteiger partial charge in [0.2, 0.25) is 0 Å². The minimum absolute atomic E-state index is 0.157. The van der Waals surface area contributed by atoms with Crippen LogP contribution >= 0.6 is 0 Å². The minimum Gasteiger partial charge on any atom is -0.391 e. The molecule has 2 N–H and O–H groups in total. The summed E-state index contributed by atoms with van der Waals surface area (Å²) in [6.07, 6.45) is 8.06. The van der Waals surface area contributed by atoms with Gasteiger partial charge in [0.25, 0.3) is 5.56 Å². The molecule has 2 aliphatic rings. The van der Waals surface area contributed by atoms with Gasteiger partial charge in [-0.05, 0) is 44.6 Å². The smallest absolute Gasteiger partial charge is 0.267 e. The van der Waals surface area contributed by atoms with Crippen molar-refractivity contribution in [3.8, 4) is 6.07 Å². The maximum Gasteiger partial charge on any atom is 0.267 e. The van der Waals surface area contributed by atoms with Gasteiger partial charge in [0.1, 0.15) is 11.9 Å². The van der Waals surface area contributed by atoms with Crippen LogP contribution in [0.2, 0.25) is 0 Å². The molecule has 0 amide bonds. The summed E-state index contributed by atoms with van der Waals surface area (Å²) in [5, 5.41) is 27.3. The number of piperidine rings is 1. The Balaban J connectivity index is 1.54. The average Bonchev–Trinajstić information content (AvgIpc) is 3.18. The number of aliphatic hydroxyl groups excluding tert-OH is 1. The van der Waals surface area contributed by atoms with Gasteiger partial charge in [-0.2, -0.15) is 10.4 Å². The summed E-state index contributed by atoms with van der Waals surface area (Å²) in [5.74, 6) is 1.22. The number of nitrogens with zero attached hydrogens (tertiary/aromatic N) is 6. The van der Waals surface area contributed by atoms with E-state index in [1.807, 2.05) is 0 Å². The third-order valence-electron chi connectivity index (χ3n) is 5.80. The summed E-state index contributed by atoms with van der Waals surface area (Å²) in [4.78, 5) is 22.8. The largest absolute Gasteiger partial charge is 0.391 e.